The number of hydrogen-bond acceptors (Lipinski definition) is 4. The fraction of sp³-hybridized carbons (Fsp3) is 0. The molecule has 1 aliphatic carbocycles. The number of rotatable bonds is 0. The quantitative estimate of drug-likeness (QED) is 0.543. The van der Waals surface area contributed by atoms with Crippen LogP contribution in [0.5, 0.6) is 0 Å². The van der Waals surface area contributed by atoms with Gasteiger partial charge in [-0.3, -0.25) is 0 Å². The molecular formula is C8H5ClN4. The summed E-state index contributed by atoms with van der Waals surface area (Å²) in [7, 11) is 0. The zero-order chi connectivity index (χ0) is 9.10. The van der Waals surface area contributed by atoms with E-state index in [-0.39, 0.29) is 0 Å². The summed E-state index contributed by atoms with van der Waals surface area (Å²) in [4.78, 5) is 15.0. The first-order valence-corrected chi connectivity index (χ1v) is 3.98. The Labute approximate surface area is 79.7 Å². The lowest BCUT2D eigenvalue weighted by Gasteiger charge is -1.70. The molecule has 0 aromatic carbocycles. The van der Waals surface area contributed by atoms with Crippen LogP contribution in [0.1, 0.15) is 0 Å². The van der Waals surface area contributed by atoms with E-state index in [9.17, 15) is 0 Å². The largest absolute Gasteiger partial charge is 0.245 e. The van der Waals surface area contributed by atoms with Crippen molar-refractivity contribution in [3.63, 3.8) is 0 Å². The summed E-state index contributed by atoms with van der Waals surface area (Å²) >= 11 is 5.49. The average Bonchev–Trinajstić information content (AvgIpc) is 2.69. The Morgan fingerprint density at radius 3 is 1.77 bits per heavy atom. The predicted octanol–water partition coefficient (Wildman–Crippen LogP) is 1.59. The summed E-state index contributed by atoms with van der Waals surface area (Å²) in [6, 6.07) is 1.78. The van der Waals surface area contributed by atoms with Gasteiger partial charge >= 0.3 is 0 Å². The van der Waals surface area contributed by atoms with Crippen molar-refractivity contribution in [3.8, 4) is 11.4 Å². The standard InChI is InChI=1S/C4HClN2.C4H4N2/c5-2-3-4(2)7-1-6-3;1-2-5-4-6-3-1/h1H;1-4H. The first-order valence-electron chi connectivity index (χ1n) is 3.60. The van der Waals surface area contributed by atoms with Gasteiger partial charge in [0, 0.05) is 12.4 Å². The van der Waals surface area contributed by atoms with E-state index in [0.29, 0.717) is 0 Å². The van der Waals surface area contributed by atoms with Gasteiger partial charge in [-0.25, -0.2) is 19.9 Å². The third kappa shape index (κ3) is 1.78. The van der Waals surface area contributed by atoms with Crippen molar-refractivity contribution in [2.75, 3.05) is 0 Å². The second kappa shape index (κ2) is 3.45. The average molecular weight is 193 g/mol. The molecule has 1 aliphatic heterocycles. The zero-order valence-corrected chi connectivity index (χ0v) is 7.31. The number of hydrogen-bond donors (Lipinski definition) is 0. The van der Waals surface area contributed by atoms with Crippen LogP contribution in [-0.4, -0.2) is 19.9 Å². The van der Waals surface area contributed by atoms with Gasteiger partial charge in [0.2, 0.25) is 0 Å². The second-order valence-electron chi connectivity index (χ2n) is 2.29. The van der Waals surface area contributed by atoms with Crippen LogP contribution in [0.4, 0.5) is 0 Å². The van der Waals surface area contributed by atoms with Crippen molar-refractivity contribution in [3.05, 3.63) is 36.1 Å². The van der Waals surface area contributed by atoms with Gasteiger partial charge in [0.25, 0.3) is 0 Å². The molecule has 0 radical (unpaired) electrons. The first kappa shape index (κ1) is 8.07. The highest BCUT2D eigenvalue weighted by molar-refractivity contribution is 6.40. The topological polar surface area (TPSA) is 51.6 Å². The minimum atomic E-state index is 0.738. The minimum absolute atomic E-state index is 0.738. The highest BCUT2D eigenvalue weighted by Gasteiger charge is 2.25. The number of fused-ring (bicyclic) bond motifs is 1. The number of imidazole rings is 1. The lowest BCUT2D eigenvalue weighted by atomic mass is 10.7. The molecule has 1 aromatic rings. The molecule has 0 spiro atoms. The maximum absolute atomic E-state index is 5.49. The van der Waals surface area contributed by atoms with E-state index < -0.39 is 0 Å². The monoisotopic (exact) mass is 192 g/mol. The van der Waals surface area contributed by atoms with Gasteiger partial charge in [0.1, 0.15) is 24.0 Å². The molecule has 0 amide bonds. The van der Waals surface area contributed by atoms with Crippen LogP contribution in [0.25, 0.3) is 11.4 Å². The number of halogens is 1. The molecule has 0 saturated carbocycles. The Hall–Kier alpha value is -1.55. The highest BCUT2D eigenvalue weighted by Crippen LogP contribution is 2.42. The summed E-state index contributed by atoms with van der Waals surface area (Å²) in [6.07, 6.45) is 6.39. The van der Waals surface area contributed by atoms with Crippen LogP contribution in [0.3, 0.4) is 0 Å². The van der Waals surface area contributed by atoms with E-state index >= 15 is 0 Å². The first-order chi connectivity index (χ1) is 6.39. The number of nitrogens with zero attached hydrogens (tertiary/aromatic N) is 4. The van der Waals surface area contributed by atoms with Crippen LogP contribution in [0.2, 0.25) is 5.02 Å². The Bertz CT molecular complexity index is 357. The fourth-order valence-corrected chi connectivity index (χ4v) is 1.01. The molecule has 3 rings (SSSR count). The Morgan fingerprint density at radius 2 is 1.54 bits per heavy atom. The van der Waals surface area contributed by atoms with E-state index in [4.69, 9.17) is 11.6 Å². The number of aromatic nitrogens is 4. The summed E-state index contributed by atoms with van der Waals surface area (Å²) < 4.78 is 0. The van der Waals surface area contributed by atoms with Crippen LogP contribution >= 0.6 is 11.6 Å². The van der Waals surface area contributed by atoms with Crippen LogP contribution in [-0.2, 0) is 0 Å². The highest BCUT2D eigenvalue weighted by atomic mass is 35.5. The van der Waals surface area contributed by atoms with E-state index in [1.165, 1.54) is 12.7 Å². The van der Waals surface area contributed by atoms with E-state index in [0.717, 1.165) is 16.4 Å². The minimum Gasteiger partial charge on any atom is -0.245 e. The van der Waals surface area contributed by atoms with Crippen LogP contribution < -0.4 is 0 Å². The fourth-order valence-electron chi connectivity index (χ4n) is 0.780. The maximum atomic E-state index is 5.49. The van der Waals surface area contributed by atoms with Gasteiger partial charge in [-0.15, -0.1) is 0 Å². The molecule has 1 aromatic heterocycles. The van der Waals surface area contributed by atoms with Crippen molar-refractivity contribution in [2.45, 2.75) is 0 Å². The van der Waals surface area contributed by atoms with Crippen molar-refractivity contribution in [2.24, 2.45) is 0 Å². The molecule has 0 unspecified atom stereocenters. The van der Waals surface area contributed by atoms with Crippen molar-refractivity contribution < 1.29 is 0 Å². The molecule has 5 heteroatoms. The Kier molecular flexibility index (Phi) is 2.14. The van der Waals surface area contributed by atoms with Crippen molar-refractivity contribution in [1.82, 2.24) is 19.9 Å². The molecule has 0 atom stereocenters. The maximum Gasteiger partial charge on any atom is 0.117 e. The third-order valence-electron chi connectivity index (χ3n) is 1.43. The normalized spacial score (nSPS) is 9.92. The molecule has 64 valence electrons. The third-order valence-corrected chi connectivity index (χ3v) is 1.79. The van der Waals surface area contributed by atoms with Crippen molar-refractivity contribution >= 4 is 11.6 Å². The van der Waals surface area contributed by atoms with Crippen LogP contribution in [0, 0.1) is 0 Å². The Morgan fingerprint density at radius 1 is 0.923 bits per heavy atom. The van der Waals surface area contributed by atoms with Crippen molar-refractivity contribution in [1.29, 1.82) is 0 Å². The molecule has 0 bridgehead atoms. The molecule has 4 nitrogen and oxygen atoms in total. The summed E-state index contributed by atoms with van der Waals surface area (Å²) in [5.41, 5.74) is 1.75. The molecule has 13 heavy (non-hydrogen) atoms. The van der Waals surface area contributed by atoms with E-state index in [1.54, 1.807) is 18.5 Å². The van der Waals surface area contributed by atoms with Gasteiger partial charge in [0.15, 0.2) is 0 Å². The molecular weight excluding hydrogens is 188 g/mol. The van der Waals surface area contributed by atoms with E-state index in [2.05, 4.69) is 19.9 Å². The SMILES string of the molecule is Clc1c2ncnc1-2.c1cncnc1. The van der Waals surface area contributed by atoms with Crippen LogP contribution in [0.15, 0.2) is 31.1 Å². The van der Waals surface area contributed by atoms with Gasteiger partial charge < -0.3 is 0 Å². The smallest absolute Gasteiger partial charge is 0.117 e. The van der Waals surface area contributed by atoms with Gasteiger partial charge in [0.05, 0.1) is 5.02 Å². The Balaban J connectivity index is 0.000000102. The zero-order valence-electron chi connectivity index (χ0n) is 6.55. The summed E-state index contributed by atoms with van der Waals surface area (Å²) in [5.74, 6) is 0. The van der Waals surface area contributed by atoms with Gasteiger partial charge in [-0.1, -0.05) is 11.6 Å². The lowest BCUT2D eigenvalue weighted by molar-refractivity contribution is 1.17. The molecule has 0 N–H and O–H groups in total. The second-order valence-corrected chi connectivity index (χ2v) is 2.67. The van der Waals surface area contributed by atoms with Gasteiger partial charge in [-0.05, 0) is 6.07 Å². The molecule has 2 aliphatic rings. The predicted molar refractivity (Wildman–Crippen MR) is 48.1 cm³/mol. The lowest BCUT2D eigenvalue weighted by Crippen LogP contribution is -1.66. The molecule has 0 saturated heterocycles. The molecule has 0 fully saturated rings. The summed E-state index contributed by atoms with van der Waals surface area (Å²) in [6.45, 7) is 0. The van der Waals surface area contributed by atoms with Gasteiger partial charge in [-0.2, -0.15) is 0 Å². The summed E-state index contributed by atoms with van der Waals surface area (Å²) in [5, 5.41) is 0.738. The molecule has 2 heterocycles. The van der Waals surface area contributed by atoms with E-state index in [1.807, 2.05) is 0 Å².